The highest BCUT2D eigenvalue weighted by atomic mass is 16.5. The first-order valence-electron chi connectivity index (χ1n) is 7.92. The Morgan fingerprint density at radius 3 is 2.92 bits per heavy atom. The molecule has 0 radical (unpaired) electrons. The molecule has 0 bridgehead atoms. The van der Waals surface area contributed by atoms with E-state index in [0.717, 1.165) is 12.2 Å². The molecule has 2 aromatic heterocycles. The highest BCUT2D eigenvalue weighted by Crippen LogP contribution is 2.23. The number of hydrogen-bond donors (Lipinski definition) is 1. The number of aryl methyl sites for hydroxylation is 2. The topological polar surface area (TPSA) is 99.8 Å². The van der Waals surface area contributed by atoms with Crippen molar-refractivity contribution in [3.8, 4) is 11.4 Å². The number of benzene rings is 1. The van der Waals surface area contributed by atoms with E-state index in [1.54, 1.807) is 31.5 Å². The van der Waals surface area contributed by atoms with Crippen LogP contribution in [0.4, 0.5) is 5.69 Å². The van der Waals surface area contributed by atoms with Crippen molar-refractivity contribution in [2.75, 3.05) is 12.4 Å². The number of nitrogens with zero attached hydrogens (tertiary/aromatic N) is 6. The number of hydrogen-bond acceptors (Lipinski definition) is 6. The van der Waals surface area contributed by atoms with Crippen LogP contribution >= 0.6 is 0 Å². The van der Waals surface area contributed by atoms with E-state index in [4.69, 9.17) is 4.74 Å². The maximum absolute atomic E-state index is 12.3. The summed E-state index contributed by atoms with van der Waals surface area (Å²) in [5, 5.41) is 14.0. The second kappa shape index (κ2) is 7.56. The fourth-order valence-electron chi connectivity index (χ4n) is 2.49. The zero-order valence-corrected chi connectivity index (χ0v) is 14.1. The first-order chi connectivity index (χ1) is 12.2. The van der Waals surface area contributed by atoms with Gasteiger partial charge in [-0.2, -0.15) is 0 Å². The number of nitrogens with one attached hydrogen (secondary N) is 1. The Morgan fingerprint density at radius 2 is 2.20 bits per heavy atom. The van der Waals surface area contributed by atoms with Gasteiger partial charge in [-0.25, -0.2) is 9.67 Å². The number of carbonyl (C=O) groups excluding carboxylic acids is 1. The van der Waals surface area contributed by atoms with Crippen LogP contribution in [0.1, 0.15) is 19.2 Å². The minimum absolute atomic E-state index is 0.0910. The standard InChI is InChI=1S/C16H19N7O2/c1-3-15-17-5-7-22(15)6-4-16(24)19-12-8-13(10-14(9-12)25-2)23-11-18-20-21-23/h5,7-11H,3-4,6H2,1-2H3,(H,19,24). The van der Waals surface area contributed by atoms with Crippen LogP contribution in [0.2, 0.25) is 0 Å². The highest BCUT2D eigenvalue weighted by Gasteiger charge is 2.09. The zero-order valence-electron chi connectivity index (χ0n) is 14.1. The molecular formula is C16H19N7O2. The molecule has 1 N–H and O–H groups in total. The molecule has 0 aliphatic carbocycles. The van der Waals surface area contributed by atoms with Crippen molar-refractivity contribution in [1.29, 1.82) is 0 Å². The fraction of sp³-hybridized carbons (Fsp3) is 0.312. The van der Waals surface area contributed by atoms with Crippen LogP contribution in [0.25, 0.3) is 5.69 Å². The van der Waals surface area contributed by atoms with Crippen molar-refractivity contribution in [2.45, 2.75) is 26.3 Å². The third-order valence-corrected chi connectivity index (χ3v) is 3.72. The molecule has 2 heterocycles. The van der Waals surface area contributed by atoms with E-state index in [1.807, 2.05) is 17.7 Å². The van der Waals surface area contributed by atoms with Gasteiger partial charge in [-0.05, 0) is 16.5 Å². The van der Waals surface area contributed by atoms with Crippen molar-refractivity contribution in [2.24, 2.45) is 0 Å². The fourth-order valence-corrected chi connectivity index (χ4v) is 2.49. The van der Waals surface area contributed by atoms with Crippen molar-refractivity contribution in [3.63, 3.8) is 0 Å². The van der Waals surface area contributed by atoms with Gasteiger partial charge in [0.15, 0.2) is 0 Å². The summed E-state index contributed by atoms with van der Waals surface area (Å²) in [4.78, 5) is 16.5. The predicted molar refractivity (Wildman–Crippen MR) is 90.6 cm³/mol. The number of amides is 1. The Morgan fingerprint density at radius 1 is 1.32 bits per heavy atom. The summed E-state index contributed by atoms with van der Waals surface area (Å²) in [7, 11) is 1.57. The summed E-state index contributed by atoms with van der Waals surface area (Å²) < 4.78 is 8.76. The van der Waals surface area contributed by atoms with Gasteiger partial charge in [0, 0.05) is 49.6 Å². The molecule has 0 aliphatic heterocycles. The Kier molecular flexibility index (Phi) is 5.03. The highest BCUT2D eigenvalue weighted by molar-refractivity contribution is 5.91. The van der Waals surface area contributed by atoms with Gasteiger partial charge in [0.2, 0.25) is 5.91 Å². The molecule has 25 heavy (non-hydrogen) atoms. The first-order valence-corrected chi connectivity index (χ1v) is 7.92. The third-order valence-electron chi connectivity index (χ3n) is 3.72. The molecule has 3 rings (SSSR count). The number of ether oxygens (including phenoxy) is 1. The molecule has 130 valence electrons. The minimum Gasteiger partial charge on any atom is -0.497 e. The molecule has 0 atom stereocenters. The number of methoxy groups -OCH3 is 1. The lowest BCUT2D eigenvalue weighted by molar-refractivity contribution is -0.116. The molecule has 1 aromatic carbocycles. The summed E-state index contributed by atoms with van der Waals surface area (Å²) in [6.07, 6.45) is 6.29. The molecule has 9 nitrogen and oxygen atoms in total. The van der Waals surface area contributed by atoms with Crippen molar-refractivity contribution in [3.05, 3.63) is 42.7 Å². The first kappa shape index (κ1) is 16.6. The van der Waals surface area contributed by atoms with Crippen LogP contribution < -0.4 is 10.1 Å². The smallest absolute Gasteiger partial charge is 0.226 e. The van der Waals surface area contributed by atoms with Crippen LogP contribution in [0, 0.1) is 0 Å². The molecule has 0 aliphatic rings. The second-order valence-electron chi connectivity index (χ2n) is 5.36. The molecule has 0 saturated heterocycles. The molecule has 9 heteroatoms. The van der Waals surface area contributed by atoms with E-state index in [2.05, 4.69) is 25.8 Å². The number of imidazole rings is 1. The Balaban J connectivity index is 1.69. The van der Waals surface area contributed by atoms with Gasteiger partial charge in [-0.3, -0.25) is 4.79 Å². The number of tetrazole rings is 1. The van der Waals surface area contributed by atoms with E-state index in [9.17, 15) is 4.79 Å². The summed E-state index contributed by atoms with van der Waals surface area (Å²) in [6.45, 7) is 2.62. The number of rotatable bonds is 7. The van der Waals surface area contributed by atoms with Crippen LogP contribution in [0.3, 0.4) is 0 Å². The molecule has 0 fully saturated rings. The maximum Gasteiger partial charge on any atom is 0.226 e. The van der Waals surface area contributed by atoms with Crippen molar-refractivity contribution >= 4 is 11.6 Å². The molecule has 3 aromatic rings. The zero-order chi connectivity index (χ0) is 17.6. The van der Waals surface area contributed by atoms with Crippen molar-refractivity contribution in [1.82, 2.24) is 29.8 Å². The molecule has 0 spiro atoms. The van der Waals surface area contributed by atoms with E-state index >= 15 is 0 Å². The summed E-state index contributed by atoms with van der Waals surface area (Å²) in [5.41, 5.74) is 1.32. The third kappa shape index (κ3) is 4.00. The van der Waals surface area contributed by atoms with E-state index in [-0.39, 0.29) is 5.91 Å². The average Bonchev–Trinajstić information content (AvgIpc) is 3.30. The van der Waals surface area contributed by atoms with Crippen molar-refractivity contribution < 1.29 is 9.53 Å². The lowest BCUT2D eigenvalue weighted by Gasteiger charge is -2.11. The van der Waals surface area contributed by atoms with Gasteiger partial charge in [0.25, 0.3) is 0 Å². The average molecular weight is 341 g/mol. The summed E-state index contributed by atoms with van der Waals surface area (Å²) in [5.74, 6) is 1.48. The van der Waals surface area contributed by atoms with Crippen LogP contribution in [0.15, 0.2) is 36.9 Å². The maximum atomic E-state index is 12.3. The lowest BCUT2D eigenvalue weighted by atomic mass is 10.2. The Bertz CT molecular complexity index is 842. The number of anilines is 1. The van der Waals surface area contributed by atoms with Gasteiger partial charge in [0.1, 0.15) is 17.9 Å². The normalized spacial score (nSPS) is 10.6. The van der Waals surface area contributed by atoms with Gasteiger partial charge in [-0.1, -0.05) is 6.92 Å². The van der Waals surface area contributed by atoms with Crippen LogP contribution in [0.5, 0.6) is 5.75 Å². The second-order valence-corrected chi connectivity index (χ2v) is 5.36. The predicted octanol–water partition coefficient (Wildman–Crippen LogP) is 1.46. The minimum atomic E-state index is -0.0910. The quantitative estimate of drug-likeness (QED) is 0.698. The van der Waals surface area contributed by atoms with E-state index < -0.39 is 0 Å². The Labute approximate surface area is 144 Å². The van der Waals surface area contributed by atoms with Gasteiger partial charge in [-0.15, -0.1) is 5.10 Å². The monoisotopic (exact) mass is 341 g/mol. The summed E-state index contributed by atoms with van der Waals surface area (Å²) >= 11 is 0. The largest absolute Gasteiger partial charge is 0.497 e. The number of carbonyl (C=O) groups is 1. The van der Waals surface area contributed by atoms with Crippen LogP contribution in [-0.2, 0) is 17.8 Å². The molecule has 1 amide bonds. The van der Waals surface area contributed by atoms with Gasteiger partial charge >= 0.3 is 0 Å². The molecular weight excluding hydrogens is 322 g/mol. The number of aromatic nitrogens is 6. The van der Waals surface area contributed by atoms with Gasteiger partial charge < -0.3 is 14.6 Å². The summed E-state index contributed by atoms with van der Waals surface area (Å²) in [6, 6.07) is 5.32. The SMILES string of the molecule is CCc1nccn1CCC(=O)Nc1cc(OC)cc(-n2cnnn2)c1. The molecule has 0 saturated carbocycles. The lowest BCUT2D eigenvalue weighted by Crippen LogP contribution is -2.15. The Hall–Kier alpha value is -3.23. The van der Waals surface area contributed by atoms with E-state index in [1.165, 1.54) is 11.0 Å². The van der Waals surface area contributed by atoms with Crippen LogP contribution in [-0.4, -0.2) is 42.8 Å². The van der Waals surface area contributed by atoms with Gasteiger partial charge in [0.05, 0.1) is 12.8 Å². The van der Waals surface area contributed by atoms with E-state index in [0.29, 0.717) is 30.1 Å². The molecule has 0 unspecified atom stereocenters.